The summed E-state index contributed by atoms with van der Waals surface area (Å²) < 4.78 is 0. The van der Waals surface area contributed by atoms with E-state index in [2.05, 4.69) is 31.8 Å². The van der Waals surface area contributed by atoms with Crippen LogP contribution in [0.2, 0.25) is 24.7 Å². The number of halogens is 1. The minimum absolute atomic E-state index is 0.323. The first-order chi connectivity index (χ1) is 6.39. The second kappa shape index (κ2) is 4.47. The minimum Gasteiger partial charge on any atom is -0.330 e. The maximum Gasteiger partial charge on any atom is 0.0636 e. The van der Waals surface area contributed by atoms with Crippen LogP contribution < -0.4 is 5.73 Å². The normalized spacial score (nSPS) is 14.1. The van der Waals surface area contributed by atoms with Crippen molar-refractivity contribution in [1.29, 1.82) is 0 Å². The molecular weight excluding hydrogens is 210 g/mol. The van der Waals surface area contributed by atoms with Gasteiger partial charge in [0.1, 0.15) is 0 Å². The van der Waals surface area contributed by atoms with E-state index in [0.717, 1.165) is 11.4 Å². The summed E-state index contributed by atoms with van der Waals surface area (Å²) in [6.45, 7) is 6.90. The van der Waals surface area contributed by atoms with E-state index in [1.165, 1.54) is 5.56 Å². The Morgan fingerprint density at radius 3 is 2.14 bits per heavy atom. The van der Waals surface area contributed by atoms with E-state index in [4.69, 9.17) is 17.3 Å². The molecule has 0 aliphatic carbocycles. The predicted octanol–water partition coefficient (Wildman–Crippen LogP) is 3.09. The summed E-state index contributed by atoms with van der Waals surface area (Å²) in [5.74, 6) is 0. The van der Waals surface area contributed by atoms with Crippen LogP contribution in [0.4, 0.5) is 0 Å². The van der Waals surface area contributed by atoms with Gasteiger partial charge in [-0.3, -0.25) is 0 Å². The zero-order valence-electron chi connectivity index (χ0n) is 9.05. The van der Waals surface area contributed by atoms with Gasteiger partial charge in [0.2, 0.25) is 0 Å². The molecule has 2 N–H and O–H groups in total. The minimum atomic E-state index is -1.21. The Balaban J connectivity index is 2.65. The molecule has 3 heteroatoms. The van der Waals surface area contributed by atoms with Crippen LogP contribution in [-0.4, -0.2) is 13.7 Å². The van der Waals surface area contributed by atoms with Crippen LogP contribution >= 0.6 is 11.6 Å². The Bertz CT molecular complexity index is 289. The van der Waals surface area contributed by atoms with Gasteiger partial charge in [-0.25, -0.2) is 0 Å². The lowest BCUT2D eigenvalue weighted by Crippen LogP contribution is -2.46. The van der Waals surface area contributed by atoms with Gasteiger partial charge >= 0.3 is 0 Å². The molecule has 0 aromatic heterocycles. The summed E-state index contributed by atoms with van der Waals surface area (Å²) in [6, 6.07) is 7.96. The van der Waals surface area contributed by atoms with E-state index in [1.807, 2.05) is 12.1 Å². The van der Waals surface area contributed by atoms with Crippen molar-refractivity contribution in [1.82, 2.24) is 0 Å². The first-order valence-corrected chi connectivity index (χ1v) is 8.85. The van der Waals surface area contributed by atoms with Crippen molar-refractivity contribution in [3.63, 3.8) is 0 Å². The molecule has 0 radical (unpaired) electrons. The fourth-order valence-corrected chi connectivity index (χ4v) is 2.15. The first kappa shape index (κ1) is 11.8. The molecule has 0 spiro atoms. The van der Waals surface area contributed by atoms with Crippen LogP contribution in [0.5, 0.6) is 0 Å². The van der Waals surface area contributed by atoms with Gasteiger partial charge in [0.25, 0.3) is 0 Å². The molecule has 1 rings (SSSR count). The number of hydrogen-bond acceptors (Lipinski definition) is 1. The highest BCUT2D eigenvalue weighted by Gasteiger charge is 2.22. The molecule has 0 heterocycles. The third-order valence-corrected chi connectivity index (χ3v) is 5.16. The van der Waals surface area contributed by atoms with Gasteiger partial charge in [-0.2, -0.15) is 0 Å². The Kier molecular flexibility index (Phi) is 3.76. The monoisotopic (exact) mass is 227 g/mol. The van der Waals surface area contributed by atoms with Crippen molar-refractivity contribution < 1.29 is 0 Å². The van der Waals surface area contributed by atoms with Crippen LogP contribution in [0.1, 0.15) is 5.56 Å². The average Bonchev–Trinajstić information content (AvgIpc) is 2.07. The molecule has 1 unspecified atom stereocenters. The summed E-state index contributed by atoms with van der Waals surface area (Å²) in [4.78, 5) is 0. The van der Waals surface area contributed by atoms with Crippen molar-refractivity contribution >= 4 is 19.7 Å². The lowest BCUT2D eigenvalue weighted by atomic mass is 10.1. The fraction of sp³-hybridized carbons (Fsp3) is 0.455. The second-order valence-corrected chi connectivity index (χ2v) is 10.7. The second-order valence-electron chi connectivity index (χ2n) is 4.80. The SMILES string of the molecule is C[Si](C)(C)C(N)Cc1ccc(Cl)cc1. The highest BCUT2D eigenvalue weighted by atomic mass is 35.5. The summed E-state index contributed by atoms with van der Waals surface area (Å²) in [5.41, 5.74) is 7.75. The molecule has 0 fully saturated rings. The summed E-state index contributed by atoms with van der Waals surface area (Å²) in [7, 11) is -1.21. The fourth-order valence-electron chi connectivity index (χ4n) is 1.18. The van der Waals surface area contributed by atoms with Gasteiger partial charge in [-0.05, 0) is 24.1 Å². The van der Waals surface area contributed by atoms with Gasteiger partial charge in [0, 0.05) is 10.7 Å². The number of hydrogen-bond donors (Lipinski definition) is 1. The van der Waals surface area contributed by atoms with Gasteiger partial charge in [0.05, 0.1) is 8.07 Å². The largest absolute Gasteiger partial charge is 0.330 e. The Labute approximate surface area is 92.3 Å². The Morgan fingerprint density at radius 2 is 1.71 bits per heavy atom. The molecule has 0 aliphatic heterocycles. The molecule has 0 bridgehead atoms. The standard InChI is InChI=1S/C11H18ClNSi/c1-14(2,3)11(13)8-9-4-6-10(12)7-5-9/h4-7,11H,8,13H2,1-3H3. The third kappa shape index (κ3) is 3.44. The van der Waals surface area contributed by atoms with Crippen LogP contribution in [0.15, 0.2) is 24.3 Å². The van der Waals surface area contributed by atoms with E-state index < -0.39 is 8.07 Å². The van der Waals surface area contributed by atoms with E-state index in [0.29, 0.717) is 5.67 Å². The topological polar surface area (TPSA) is 26.0 Å². The average molecular weight is 228 g/mol. The molecular formula is C11H18ClNSi. The quantitative estimate of drug-likeness (QED) is 0.790. The maximum absolute atomic E-state index is 6.15. The lowest BCUT2D eigenvalue weighted by molar-refractivity contribution is 0.850. The third-order valence-electron chi connectivity index (χ3n) is 2.48. The molecule has 78 valence electrons. The Morgan fingerprint density at radius 1 is 1.21 bits per heavy atom. The summed E-state index contributed by atoms with van der Waals surface area (Å²) in [6.07, 6.45) is 0.965. The van der Waals surface area contributed by atoms with Gasteiger partial charge in [-0.15, -0.1) is 0 Å². The molecule has 1 nitrogen and oxygen atoms in total. The number of benzene rings is 1. The first-order valence-electron chi connectivity index (χ1n) is 4.89. The molecule has 0 amide bonds. The molecule has 0 aliphatic rings. The van der Waals surface area contributed by atoms with E-state index in [-0.39, 0.29) is 0 Å². The zero-order chi connectivity index (χ0) is 10.8. The highest BCUT2D eigenvalue weighted by molar-refractivity contribution is 6.77. The van der Waals surface area contributed by atoms with Crippen LogP contribution in [0.3, 0.4) is 0 Å². The van der Waals surface area contributed by atoms with E-state index in [9.17, 15) is 0 Å². The van der Waals surface area contributed by atoms with Gasteiger partial charge in [-0.1, -0.05) is 43.4 Å². The molecule has 14 heavy (non-hydrogen) atoms. The molecule has 0 saturated heterocycles. The highest BCUT2D eigenvalue weighted by Crippen LogP contribution is 2.14. The maximum atomic E-state index is 6.15. The van der Waals surface area contributed by atoms with Crippen LogP contribution in [0, 0.1) is 0 Å². The van der Waals surface area contributed by atoms with E-state index >= 15 is 0 Å². The zero-order valence-corrected chi connectivity index (χ0v) is 10.8. The molecule has 1 aromatic carbocycles. The Hall–Kier alpha value is -0.313. The molecule has 1 atom stereocenters. The number of rotatable bonds is 3. The van der Waals surface area contributed by atoms with Crippen LogP contribution in [0.25, 0.3) is 0 Å². The van der Waals surface area contributed by atoms with Crippen LogP contribution in [-0.2, 0) is 6.42 Å². The smallest absolute Gasteiger partial charge is 0.0636 e. The van der Waals surface area contributed by atoms with Crippen molar-refractivity contribution in [2.24, 2.45) is 5.73 Å². The van der Waals surface area contributed by atoms with Crippen molar-refractivity contribution in [3.8, 4) is 0 Å². The lowest BCUT2D eigenvalue weighted by Gasteiger charge is -2.24. The van der Waals surface area contributed by atoms with Gasteiger partial charge < -0.3 is 5.73 Å². The van der Waals surface area contributed by atoms with Crippen molar-refractivity contribution in [2.45, 2.75) is 31.7 Å². The predicted molar refractivity (Wildman–Crippen MR) is 66.5 cm³/mol. The van der Waals surface area contributed by atoms with Crippen molar-refractivity contribution in [2.75, 3.05) is 0 Å². The van der Waals surface area contributed by atoms with Gasteiger partial charge in [0.15, 0.2) is 0 Å². The summed E-state index contributed by atoms with van der Waals surface area (Å²) in [5, 5.41) is 0.787. The van der Waals surface area contributed by atoms with Crippen molar-refractivity contribution in [3.05, 3.63) is 34.9 Å². The summed E-state index contributed by atoms with van der Waals surface area (Å²) >= 11 is 5.82. The van der Waals surface area contributed by atoms with E-state index in [1.54, 1.807) is 0 Å². The number of nitrogens with two attached hydrogens (primary N) is 1. The molecule has 0 saturated carbocycles. The molecule has 1 aromatic rings.